The number of rotatable bonds is 10. The Morgan fingerprint density at radius 2 is 1.90 bits per heavy atom. The molecule has 3 rings (SSSR count). The van der Waals surface area contributed by atoms with Crippen molar-refractivity contribution in [3.05, 3.63) is 83.4 Å². The van der Waals surface area contributed by atoms with Gasteiger partial charge in [0.1, 0.15) is 18.1 Å². The summed E-state index contributed by atoms with van der Waals surface area (Å²) in [5, 5.41) is 6.74. The van der Waals surface area contributed by atoms with Gasteiger partial charge in [-0.1, -0.05) is 42.5 Å². The number of aryl methyl sites for hydroxylation is 3. The Labute approximate surface area is 185 Å². The van der Waals surface area contributed by atoms with Crippen molar-refractivity contribution in [2.75, 3.05) is 20.2 Å². The molecular weight excluding hydrogens is 386 g/mol. The van der Waals surface area contributed by atoms with Crippen LogP contribution in [0.5, 0.6) is 5.75 Å². The van der Waals surface area contributed by atoms with Gasteiger partial charge in [0.05, 0.1) is 7.11 Å². The van der Waals surface area contributed by atoms with Crippen LogP contribution in [0.25, 0.3) is 0 Å². The van der Waals surface area contributed by atoms with Gasteiger partial charge in [0.2, 0.25) is 0 Å². The number of guanidine groups is 1. The Bertz CT molecular complexity index is 965. The van der Waals surface area contributed by atoms with Crippen molar-refractivity contribution in [2.24, 2.45) is 4.99 Å². The van der Waals surface area contributed by atoms with E-state index < -0.39 is 0 Å². The molecule has 6 heteroatoms. The van der Waals surface area contributed by atoms with Crippen LogP contribution < -0.4 is 15.4 Å². The highest BCUT2D eigenvalue weighted by Crippen LogP contribution is 2.19. The summed E-state index contributed by atoms with van der Waals surface area (Å²) in [7, 11) is 1.71. The number of methoxy groups -OCH3 is 1. The molecule has 0 fully saturated rings. The van der Waals surface area contributed by atoms with Crippen LogP contribution in [0.4, 0.5) is 0 Å². The van der Waals surface area contributed by atoms with Crippen molar-refractivity contribution in [2.45, 2.75) is 39.8 Å². The first-order valence-electron chi connectivity index (χ1n) is 10.9. The van der Waals surface area contributed by atoms with E-state index >= 15 is 0 Å². The van der Waals surface area contributed by atoms with E-state index in [1.807, 2.05) is 18.5 Å². The molecule has 0 amide bonds. The van der Waals surface area contributed by atoms with Crippen LogP contribution in [-0.2, 0) is 25.9 Å². The first-order valence-corrected chi connectivity index (χ1v) is 10.9. The molecule has 0 radical (unpaired) electrons. The summed E-state index contributed by atoms with van der Waals surface area (Å²) in [6.07, 6.45) is 5.75. The summed E-state index contributed by atoms with van der Waals surface area (Å²) in [6.45, 7) is 7.17. The number of hydrogen-bond acceptors (Lipinski definition) is 3. The number of nitrogens with one attached hydrogen (secondary N) is 2. The van der Waals surface area contributed by atoms with E-state index in [0.29, 0.717) is 6.54 Å². The second-order valence-electron chi connectivity index (χ2n) is 7.45. The van der Waals surface area contributed by atoms with Crippen molar-refractivity contribution >= 4 is 5.96 Å². The highest BCUT2D eigenvalue weighted by molar-refractivity contribution is 5.79. The van der Waals surface area contributed by atoms with Gasteiger partial charge in [-0.05, 0) is 49.4 Å². The highest BCUT2D eigenvalue weighted by Gasteiger charge is 2.05. The smallest absolute Gasteiger partial charge is 0.191 e. The Morgan fingerprint density at radius 3 is 2.68 bits per heavy atom. The molecule has 0 spiro atoms. The molecule has 164 valence electrons. The van der Waals surface area contributed by atoms with E-state index in [4.69, 9.17) is 9.73 Å². The molecule has 2 aromatic carbocycles. The number of hydrogen-bond donors (Lipinski definition) is 2. The summed E-state index contributed by atoms with van der Waals surface area (Å²) >= 11 is 0. The van der Waals surface area contributed by atoms with Crippen LogP contribution in [-0.4, -0.2) is 35.7 Å². The van der Waals surface area contributed by atoms with E-state index in [1.54, 1.807) is 7.11 Å². The van der Waals surface area contributed by atoms with Crippen LogP contribution in [0.15, 0.2) is 65.9 Å². The van der Waals surface area contributed by atoms with Crippen LogP contribution in [0.2, 0.25) is 0 Å². The monoisotopic (exact) mass is 419 g/mol. The van der Waals surface area contributed by atoms with Crippen molar-refractivity contribution in [1.29, 1.82) is 0 Å². The minimum atomic E-state index is 0.537. The zero-order chi connectivity index (χ0) is 21.9. The van der Waals surface area contributed by atoms with Gasteiger partial charge in [0.25, 0.3) is 0 Å². The number of imidazole rings is 1. The third-order valence-electron chi connectivity index (χ3n) is 5.19. The lowest BCUT2D eigenvalue weighted by Gasteiger charge is -2.13. The zero-order valence-corrected chi connectivity index (χ0v) is 18.8. The molecule has 1 heterocycles. The Hall–Kier alpha value is -3.28. The lowest BCUT2D eigenvalue weighted by Crippen LogP contribution is -2.38. The molecular formula is C25H33N5O. The van der Waals surface area contributed by atoms with Crippen LogP contribution >= 0.6 is 0 Å². The molecule has 0 unspecified atom stereocenters. The van der Waals surface area contributed by atoms with E-state index in [2.05, 4.69) is 76.5 Å². The molecule has 0 saturated carbocycles. The average Bonchev–Trinajstić information content (AvgIpc) is 3.25. The van der Waals surface area contributed by atoms with Gasteiger partial charge >= 0.3 is 0 Å². The van der Waals surface area contributed by atoms with Gasteiger partial charge in [0, 0.05) is 32.0 Å². The predicted molar refractivity (Wildman–Crippen MR) is 127 cm³/mol. The molecule has 0 saturated heterocycles. The summed E-state index contributed by atoms with van der Waals surface area (Å²) in [5.41, 5.74) is 3.72. The molecule has 0 aliphatic heterocycles. The molecule has 31 heavy (non-hydrogen) atoms. The fraction of sp³-hybridized carbons (Fsp3) is 0.360. The highest BCUT2D eigenvalue weighted by atomic mass is 16.5. The topological polar surface area (TPSA) is 63.5 Å². The molecule has 0 bridgehead atoms. The van der Waals surface area contributed by atoms with Crippen LogP contribution in [0.3, 0.4) is 0 Å². The maximum atomic E-state index is 5.43. The maximum absolute atomic E-state index is 5.43. The van der Waals surface area contributed by atoms with Crippen molar-refractivity contribution in [1.82, 2.24) is 20.2 Å². The van der Waals surface area contributed by atoms with Crippen LogP contribution in [0, 0.1) is 6.92 Å². The number of aromatic nitrogens is 2. The van der Waals surface area contributed by atoms with Gasteiger partial charge in [-0.2, -0.15) is 0 Å². The van der Waals surface area contributed by atoms with Crippen LogP contribution in [0.1, 0.15) is 29.4 Å². The van der Waals surface area contributed by atoms with Gasteiger partial charge in [-0.25, -0.2) is 9.98 Å². The SMILES string of the molecule is CCNC(=NCc1nccn1CCc1ccccc1)NCCc1ccc(C)c(OC)c1. The Kier molecular flexibility index (Phi) is 8.52. The summed E-state index contributed by atoms with van der Waals surface area (Å²) < 4.78 is 7.60. The van der Waals surface area contributed by atoms with E-state index in [0.717, 1.165) is 55.6 Å². The minimum Gasteiger partial charge on any atom is -0.496 e. The van der Waals surface area contributed by atoms with Gasteiger partial charge in [-0.3, -0.25) is 0 Å². The van der Waals surface area contributed by atoms with E-state index in [-0.39, 0.29) is 0 Å². The molecule has 0 aliphatic rings. The zero-order valence-electron chi connectivity index (χ0n) is 18.8. The summed E-state index contributed by atoms with van der Waals surface area (Å²) in [4.78, 5) is 9.24. The van der Waals surface area contributed by atoms with E-state index in [9.17, 15) is 0 Å². The van der Waals surface area contributed by atoms with Crippen molar-refractivity contribution in [3.8, 4) is 5.75 Å². The number of ether oxygens (including phenoxy) is 1. The minimum absolute atomic E-state index is 0.537. The molecule has 0 atom stereocenters. The Morgan fingerprint density at radius 1 is 1.06 bits per heavy atom. The van der Waals surface area contributed by atoms with E-state index in [1.165, 1.54) is 11.1 Å². The third-order valence-corrected chi connectivity index (χ3v) is 5.19. The average molecular weight is 420 g/mol. The first-order chi connectivity index (χ1) is 15.2. The summed E-state index contributed by atoms with van der Waals surface area (Å²) in [6, 6.07) is 16.9. The standard InChI is InChI=1S/C25H33N5O/c1-4-26-25(28-14-12-22-11-10-20(2)23(18-22)31-3)29-19-24-27-15-17-30(24)16-13-21-8-6-5-7-9-21/h5-11,15,17-18H,4,12-14,16,19H2,1-3H3,(H2,26,28,29). The fourth-order valence-electron chi connectivity index (χ4n) is 3.43. The number of nitrogens with zero attached hydrogens (tertiary/aromatic N) is 3. The second kappa shape index (κ2) is 11.8. The molecule has 2 N–H and O–H groups in total. The predicted octanol–water partition coefficient (Wildman–Crippen LogP) is 3.74. The maximum Gasteiger partial charge on any atom is 0.191 e. The van der Waals surface area contributed by atoms with Gasteiger partial charge < -0.3 is 19.9 Å². The molecule has 3 aromatic rings. The normalized spacial score (nSPS) is 11.4. The first kappa shape index (κ1) is 22.4. The molecule has 6 nitrogen and oxygen atoms in total. The largest absolute Gasteiger partial charge is 0.496 e. The lowest BCUT2D eigenvalue weighted by molar-refractivity contribution is 0.411. The number of aliphatic imine (C=N–C) groups is 1. The lowest BCUT2D eigenvalue weighted by atomic mass is 10.1. The third kappa shape index (κ3) is 6.88. The second-order valence-corrected chi connectivity index (χ2v) is 7.45. The fourth-order valence-corrected chi connectivity index (χ4v) is 3.43. The quantitative estimate of drug-likeness (QED) is 0.388. The van der Waals surface area contributed by atoms with Crippen molar-refractivity contribution < 1.29 is 4.74 Å². The summed E-state index contributed by atoms with van der Waals surface area (Å²) in [5.74, 6) is 2.70. The van der Waals surface area contributed by atoms with Gasteiger partial charge in [0.15, 0.2) is 5.96 Å². The molecule has 1 aromatic heterocycles. The van der Waals surface area contributed by atoms with Crippen molar-refractivity contribution in [3.63, 3.8) is 0 Å². The van der Waals surface area contributed by atoms with Gasteiger partial charge in [-0.15, -0.1) is 0 Å². The number of benzene rings is 2. The Balaban J connectivity index is 1.54. The molecule has 0 aliphatic carbocycles.